The Kier molecular flexibility index (Phi) is 5.23. The first-order chi connectivity index (χ1) is 11.1. The van der Waals surface area contributed by atoms with Crippen molar-refractivity contribution in [3.8, 4) is 11.3 Å². The van der Waals surface area contributed by atoms with Crippen molar-refractivity contribution in [3.63, 3.8) is 0 Å². The zero-order chi connectivity index (χ0) is 17.0. The topological polar surface area (TPSA) is 69.4 Å². The van der Waals surface area contributed by atoms with Gasteiger partial charge < -0.3 is 4.74 Å². The van der Waals surface area contributed by atoms with Gasteiger partial charge in [0.05, 0.1) is 25.2 Å². The van der Waals surface area contributed by atoms with E-state index in [-0.39, 0.29) is 16.4 Å². The van der Waals surface area contributed by atoms with Crippen LogP contribution in [0.3, 0.4) is 0 Å². The SMILES string of the molecule is CC.COC(=O)c1cnn2c(Cl)cc(-c3cncc(F)c3)nc12. The number of carbonyl (C=O) groups excluding carboxylic acids is 1. The molecule has 0 amide bonds. The second-order valence-corrected chi connectivity index (χ2v) is 4.53. The van der Waals surface area contributed by atoms with Gasteiger partial charge in [0.25, 0.3) is 0 Å². The molecule has 3 rings (SSSR count). The van der Waals surface area contributed by atoms with Gasteiger partial charge in [0.1, 0.15) is 16.5 Å². The molecular weight excluding hydrogens is 323 g/mol. The Morgan fingerprint density at radius 3 is 2.65 bits per heavy atom. The summed E-state index contributed by atoms with van der Waals surface area (Å²) in [4.78, 5) is 19.7. The normalized spacial score (nSPS) is 10.1. The zero-order valence-electron chi connectivity index (χ0n) is 12.7. The fourth-order valence-electron chi connectivity index (χ4n) is 1.88. The number of carbonyl (C=O) groups is 1. The molecule has 0 saturated carbocycles. The summed E-state index contributed by atoms with van der Waals surface area (Å²) >= 11 is 6.11. The van der Waals surface area contributed by atoms with Crippen LogP contribution in [-0.4, -0.2) is 32.7 Å². The fraction of sp³-hybridized carbons (Fsp3) is 0.200. The molecule has 0 saturated heterocycles. The van der Waals surface area contributed by atoms with Gasteiger partial charge in [0.2, 0.25) is 0 Å². The van der Waals surface area contributed by atoms with E-state index >= 15 is 0 Å². The lowest BCUT2D eigenvalue weighted by molar-refractivity contribution is 0.0602. The number of methoxy groups -OCH3 is 1. The smallest absolute Gasteiger partial charge is 0.343 e. The lowest BCUT2D eigenvalue weighted by Crippen LogP contribution is -2.03. The number of pyridine rings is 1. The van der Waals surface area contributed by atoms with Crippen LogP contribution in [0.25, 0.3) is 16.9 Å². The minimum Gasteiger partial charge on any atom is -0.465 e. The number of esters is 1. The number of hydrogen-bond donors (Lipinski definition) is 0. The molecule has 23 heavy (non-hydrogen) atoms. The van der Waals surface area contributed by atoms with E-state index in [1.54, 1.807) is 0 Å². The van der Waals surface area contributed by atoms with Crippen LogP contribution in [0.2, 0.25) is 5.15 Å². The van der Waals surface area contributed by atoms with Crippen LogP contribution in [0.4, 0.5) is 4.39 Å². The Balaban J connectivity index is 0.000000924. The molecule has 0 N–H and O–H groups in total. The predicted molar refractivity (Wildman–Crippen MR) is 83.9 cm³/mol. The van der Waals surface area contributed by atoms with Gasteiger partial charge in [0.15, 0.2) is 5.65 Å². The first kappa shape index (κ1) is 16.8. The Hall–Kier alpha value is -2.54. The van der Waals surface area contributed by atoms with Crippen LogP contribution in [0, 0.1) is 5.82 Å². The molecule has 3 aromatic heterocycles. The van der Waals surface area contributed by atoms with E-state index in [0.29, 0.717) is 11.3 Å². The number of ether oxygens (including phenoxy) is 1. The lowest BCUT2D eigenvalue weighted by Gasteiger charge is -2.04. The first-order valence-corrected chi connectivity index (χ1v) is 7.21. The summed E-state index contributed by atoms with van der Waals surface area (Å²) in [5.41, 5.74) is 1.22. The Morgan fingerprint density at radius 2 is 2.00 bits per heavy atom. The number of aromatic nitrogens is 4. The molecule has 8 heteroatoms. The number of hydrogen-bond acceptors (Lipinski definition) is 5. The molecule has 120 valence electrons. The molecule has 3 heterocycles. The number of rotatable bonds is 2. The van der Waals surface area contributed by atoms with Crippen molar-refractivity contribution >= 4 is 23.2 Å². The van der Waals surface area contributed by atoms with Crippen molar-refractivity contribution in [1.29, 1.82) is 0 Å². The van der Waals surface area contributed by atoms with Crippen LogP contribution in [-0.2, 0) is 4.74 Å². The molecule has 0 aromatic carbocycles. The Labute approximate surface area is 136 Å². The first-order valence-electron chi connectivity index (χ1n) is 6.83. The van der Waals surface area contributed by atoms with Gasteiger partial charge in [-0.3, -0.25) is 4.98 Å². The maximum absolute atomic E-state index is 13.3. The molecule has 6 nitrogen and oxygen atoms in total. The zero-order valence-corrected chi connectivity index (χ0v) is 13.5. The summed E-state index contributed by atoms with van der Waals surface area (Å²) in [5, 5.41) is 4.20. The number of nitrogens with zero attached hydrogens (tertiary/aromatic N) is 4. The summed E-state index contributed by atoms with van der Waals surface area (Å²) in [5.74, 6) is -1.07. The van der Waals surface area contributed by atoms with Gasteiger partial charge in [-0.1, -0.05) is 25.4 Å². The van der Waals surface area contributed by atoms with Gasteiger partial charge in [-0.25, -0.2) is 18.7 Å². The second-order valence-electron chi connectivity index (χ2n) is 4.14. The molecule has 0 bridgehead atoms. The number of fused-ring (bicyclic) bond motifs is 1. The van der Waals surface area contributed by atoms with Crippen LogP contribution in [0.1, 0.15) is 24.2 Å². The highest BCUT2D eigenvalue weighted by Crippen LogP contribution is 2.23. The van der Waals surface area contributed by atoms with E-state index < -0.39 is 11.8 Å². The molecular formula is C15H14ClFN4O2. The largest absolute Gasteiger partial charge is 0.465 e. The molecule has 0 unspecified atom stereocenters. The molecule has 0 aliphatic heterocycles. The van der Waals surface area contributed by atoms with Crippen LogP contribution in [0.15, 0.2) is 30.7 Å². The summed E-state index contributed by atoms with van der Waals surface area (Å²) in [7, 11) is 1.26. The van der Waals surface area contributed by atoms with Crippen molar-refractivity contribution < 1.29 is 13.9 Å². The molecule has 0 radical (unpaired) electrons. The molecule has 3 aromatic rings. The Morgan fingerprint density at radius 1 is 1.26 bits per heavy atom. The van der Waals surface area contributed by atoms with E-state index in [1.165, 1.54) is 36.2 Å². The predicted octanol–water partition coefficient (Wildman–Crippen LogP) is 3.40. The fourth-order valence-corrected chi connectivity index (χ4v) is 2.11. The highest BCUT2D eigenvalue weighted by Gasteiger charge is 2.17. The third-order valence-electron chi connectivity index (χ3n) is 2.83. The third kappa shape index (κ3) is 3.29. The standard InChI is InChI=1S/C13H8ClFN4O2.C2H6/c1-21-13(20)9-6-17-19-11(14)3-10(18-12(9)19)7-2-8(15)5-16-4-7;1-2/h2-6H,1H3;1-2H3. The highest BCUT2D eigenvalue weighted by molar-refractivity contribution is 6.30. The van der Waals surface area contributed by atoms with E-state index in [4.69, 9.17) is 11.6 Å². The van der Waals surface area contributed by atoms with Crippen LogP contribution in [0.5, 0.6) is 0 Å². The van der Waals surface area contributed by atoms with Gasteiger partial charge >= 0.3 is 5.97 Å². The maximum Gasteiger partial charge on any atom is 0.343 e. The molecule has 0 spiro atoms. The highest BCUT2D eigenvalue weighted by atomic mass is 35.5. The monoisotopic (exact) mass is 336 g/mol. The van der Waals surface area contributed by atoms with E-state index in [9.17, 15) is 9.18 Å². The lowest BCUT2D eigenvalue weighted by atomic mass is 10.2. The summed E-state index contributed by atoms with van der Waals surface area (Å²) in [6.07, 6.45) is 3.85. The van der Waals surface area contributed by atoms with E-state index in [1.807, 2.05) is 13.8 Å². The third-order valence-corrected chi connectivity index (χ3v) is 3.10. The van der Waals surface area contributed by atoms with Gasteiger partial charge in [0, 0.05) is 17.8 Å². The van der Waals surface area contributed by atoms with E-state index in [2.05, 4.69) is 19.8 Å². The van der Waals surface area contributed by atoms with Crippen molar-refractivity contribution in [2.45, 2.75) is 13.8 Å². The average molecular weight is 337 g/mol. The summed E-state index contributed by atoms with van der Waals surface area (Å²) in [6.45, 7) is 4.00. The maximum atomic E-state index is 13.3. The van der Waals surface area contributed by atoms with Crippen LogP contribution >= 0.6 is 11.6 Å². The molecule has 0 fully saturated rings. The molecule has 0 aliphatic carbocycles. The van der Waals surface area contributed by atoms with Crippen molar-refractivity contribution in [3.05, 3.63) is 47.3 Å². The van der Waals surface area contributed by atoms with Crippen molar-refractivity contribution in [2.75, 3.05) is 7.11 Å². The summed E-state index contributed by atoms with van der Waals surface area (Å²) in [6, 6.07) is 2.79. The van der Waals surface area contributed by atoms with Gasteiger partial charge in [-0.05, 0) is 6.07 Å². The Bertz CT molecular complexity index is 851. The summed E-state index contributed by atoms with van der Waals surface area (Å²) < 4.78 is 19.2. The van der Waals surface area contributed by atoms with E-state index in [0.717, 1.165) is 6.20 Å². The average Bonchev–Trinajstić information content (AvgIpc) is 3.00. The minimum atomic E-state index is -0.580. The minimum absolute atomic E-state index is 0.172. The van der Waals surface area contributed by atoms with Crippen molar-refractivity contribution in [1.82, 2.24) is 19.6 Å². The molecule has 0 atom stereocenters. The molecule has 0 aliphatic rings. The number of halogens is 2. The van der Waals surface area contributed by atoms with Gasteiger partial charge in [-0.15, -0.1) is 0 Å². The quantitative estimate of drug-likeness (QED) is 0.530. The van der Waals surface area contributed by atoms with Crippen molar-refractivity contribution in [2.24, 2.45) is 0 Å². The van der Waals surface area contributed by atoms with Gasteiger partial charge in [-0.2, -0.15) is 5.10 Å². The van der Waals surface area contributed by atoms with Crippen LogP contribution < -0.4 is 0 Å². The second kappa shape index (κ2) is 7.15.